The van der Waals surface area contributed by atoms with Gasteiger partial charge in [-0.05, 0) is 0 Å². The first-order chi connectivity index (χ1) is 8.04. The van der Waals surface area contributed by atoms with Crippen LogP contribution in [-0.4, -0.2) is 28.1 Å². The van der Waals surface area contributed by atoms with Gasteiger partial charge in [-0.2, -0.15) is 0 Å². The number of terminal acetylenes is 1. The third-order valence-corrected chi connectivity index (χ3v) is 1.92. The zero-order chi connectivity index (χ0) is 12.8. The van der Waals surface area contributed by atoms with Gasteiger partial charge in [-0.25, -0.2) is 4.79 Å². The molecule has 0 spiro atoms. The standard InChI is InChI=1S/C11H10N2O4/c1-2-4-12-10(15)7-13-5-3-9(14)8(6-13)11(16)17/h1,3,5-6H,4,7H2,(H,12,15)(H,16,17). The molecule has 0 atom stereocenters. The molecule has 0 radical (unpaired) electrons. The second-order valence-electron chi connectivity index (χ2n) is 3.18. The molecule has 6 heteroatoms. The lowest BCUT2D eigenvalue weighted by Crippen LogP contribution is -2.28. The number of aromatic nitrogens is 1. The normalized spacial score (nSPS) is 9.35. The maximum atomic E-state index is 11.3. The van der Waals surface area contributed by atoms with Crippen LogP contribution in [0.1, 0.15) is 10.4 Å². The Morgan fingerprint density at radius 1 is 1.53 bits per heavy atom. The average molecular weight is 234 g/mol. The van der Waals surface area contributed by atoms with Crippen molar-refractivity contribution in [3.8, 4) is 12.3 Å². The Morgan fingerprint density at radius 3 is 2.82 bits per heavy atom. The van der Waals surface area contributed by atoms with Crippen LogP contribution in [-0.2, 0) is 11.3 Å². The van der Waals surface area contributed by atoms with Crippen molar-refractivity contribution in [2.24, 2.45) is 0 Å². The number of carboxylic acid groups (broad SMARTS) is 1. The van der Waals surface area contributed by atoms with Gasteiger partial charge < -0.3 is 15.0 Å². The summed E-state index contributed by atoms with van der Waals surface area (Å²) in [4.78, 5) is 33.1. The summed E-state index contributed by atoms with van der Waals surface area (Å²) in [5, 5.41) is 11.1. The molecule has 0 aromatic carbocycles. The molecule has 1 rings (SSSR count). The molecule has 1 heterocycles. The molecule has 1 aromatic rings. The van der Waals surface area contributed by atoms with Crippen LogP contribution in [0.2, 0.25) is 0 Å². The second-order valence-corrected chi connectivity index (χ2v) is 3.18. The van der Waals surface area contributed by atoms with E-state index in [-0.39, 0.29) is 24.6 Å². The minimum atomic E-state index is -1.33. The summed E-state index contributed by atoms with van der Waals surface area (Å²) in [5.74, 6) is 0.554. The highest BCUT2D eigenvalue weighted by atomic mass is 16.4. The number of nitrogens with one attached hydrogen (secondary N) is 1. The van der Waals surface area contributed by atoms with Gasteiger partial charge >= 0.3 is 5.97 Å². The average Bonchev–Trinajstić information content (AvgIpc) is 2.28. The van der Waals surface area contributed by atoms with Gasteiger partial charge in [0.1, 0.15) is 12.1 Å². The van der Waals surface area contributed by atoms with Gasteiger partial charge in [0, 0.05) is 18.5 Å². The summed E-state index contributed by atoms with van der Waals surface area (Å²) in [6.07, 6.45) is 7.41. The lowest BCUT2D eigenvalue weighted by molar-refractivity contribution is -0.121. The fourth-order valence-electron chi connectivity index (χ4n) is 1.16. The zero-order valence-corrected chi connectivity index (χ0v) is 8.84. The largest absolute Gasteiger partial charge is 0.477 e. The van der Waals surface area contributed by atoms with Crippen molar-refractivity contribution in [1.82, 2.24) is 9.88 Å². The molecule has 0 aliphatic carbocycles. The quantitative estimate of drug-likeness (QED) is 0.674. The Morgan fingerprint density at radius 2 is 2.24 bits per heavy atom. The minimum Gasteiger partial charge on any atom is -0.477 e. The van der Waals surface area contributed by atoms with Crippen molar-refractivity contribution in [2.45, 2.75) is 6.54 Å². The van der Waals surface area contributed by atoms with Gasteiger partial charge in [0.2, 0.25) is 5.91 Å². The Hall–Kier alpha value is -2.55. The molecule has 0 fully saturated rings. The maximum absolute atomic E-state index is 11.3. The van der Waals surface area contributed by atoms with Crippen LogP contribution in [0.3, 0.4) is 0 Å². The molecule has 0 unspecified atom stereocenters. The third kappa shape index (κ3) is 3.50. The molecule has 0 aliphatic heterocycles. The first-order valence-corrected chi connectivity index (χ1v) is 4.68. The van der Waals surface area contributed by atoms with Crippen molar-refractivity contribution in [3.05, 3.63) is 34.2 Å². The molecule has 6 nitrogen and oxygen atoms in total. The smallest absolute Gasteiger partial charge is 0.341 e. The Bertz CT molecular complexity index is 539. The first kappa shape index (κ1) is 12.5. The second kappa shape index (κ2) is 5.51. The molecule has 17 heavy (non-hydrogen) atoms. The molecule has 0 saturated heterocycles. The first-order valence-electron chi connectivity index (χ1n) is 4.68. The number of hydrogen-bond donors (Lipinski definition) is 2. The van der Waals surface area contributed by atoms with Crippen molar-refractivity contribution in [2.75, 3.05) is 6.54 Å². The van der Waals surface area contributed by atoms with Gasteiger partial charge in [0.15, 0.2) is 5.43 Å². The van der Waals surface area contributed by atoms with E-state index in [4.69, 9.17) is 11.5 Å². The van der Waals surface area contributed by atoms with E-state index in [1.54, 1.807) is 0 Å². The predicted molar refractivity (Wildman–Crippen MR) is 59.5 cm³/mol. The van der Waals surface area contributed by atoms with Crippen molar-refractivity contribution in [1.29, 1.82) is 0 Å². The topological polar surface area (TPSA) is 88.4 Å². The van der Waals surface area contributed by atoms with Gasteiger partial charge in [-0.3, -0.25) is 9.59 Å². The van der Waals surface area contributed by atoms with E-state index < -0.39 is 11.4 Å². The number of hydrogen-bond acceptors (Lipinski definition) is 3. The van der Waals surface area contributed by atoms with Gasteiger partial charge in [-0.15, -0.1) is 6.42 Å². The molecule has 88 valence electrons. The predicted octanol–water partition coefficient (Wildman–Crippen LogP) is -0.704. The summed E-state index contributed by atoms with van der Waals surface area (Å²) in [7, 11) is 0. The number of aromatic carboxylic acids is 1. The molecule has 2 N–H and O–H groups in total. The molecule has 0 saturated carbocycles. The zero-order valence-electron chi connectivity index (χ0n) is 8.84. The van der Waals surface area contributed by atoms with Crippen molar-refractivity contribution in [3.63, 3.8) is 0 Å². The maximum Gasteiger partial charge on any atom is 0.341 e. The summed E-state index contributed by atoms with van der Waals surface area (Å²) in [6.45, 7) is 0.00700. The lowest BCUT2D eigenvalue weighted by Gasteiger charge is -2.06. The monoisotopic (exact) mass is 234 g/mol. The molecule has 1 aromatic heterocycles. The highest BCUT2D eigenvalue weighted by Gasteiger charge is 2.09. The minimum absolute atomic E-state index is 0.0950. The van der Waals surface area contributed by atoms with E-state index in [0.29, 0.717) is 0 Å². The van der Waals surface area contributed by atoms with Crippen LogP contribution in [0.25, 0.3) is 0 Å². The van der Waals surface area contributed by atoms with Gasteiger partial charge in [0.25, 0.3) is 0 Å². The number of carboxylic acids is 1. The number of pyridine rings is 1. The SMILES string of the molecule is C#CCNC(=O)Cn1ccc(=O)c(C(=O)O)c1. The number of nitrogens with zero attached hydrogens (tertiary/aromatic N) is 1. The fraction of sp³-hybridized carbons (Fsp3) is 0.182. The number of amides is 1. The van der Waals surface area contributed by atoms with Gasteiger partial charge in [-0.1, -0.05) is 5.92 Å². The molecular formula is C11H10N2O4. The summed E-state index contributed by atoms with van der Waals surface area (Å²) >= 11 is 0. The van der Waals surface area contributed by atoms with Crippen LogP contribution >= 0.6 is 0 Å². The third-order valence-electron chi connectivity index (χ3n) is 1.92. The highest BCUT2D eigenvalue weighted by Crippen LogP contribution is 1.93. The molecule has 0 aliphatic rings. The van der Waals surface area contributed by atoms with Crippen molar-refractivity contribution < 1.29 is 14.7 Å². The summed E-state index contributed by atoms with van der Waals surface area (Å²) < 4.78 is 1.30. The summed E-state index contributed by atoms with van der Waals surface area (Å²) in [6, 6.07) is 1.10. The van der Waals surface area contributed by atoms with E-state index >= 15 is 0 Å². The van der Waals surface area contributed by atoms with Crippen LogP contribution < -0.4 is 10.7 Å². The molecule has 1 amide bonds. The Balaban J connectivity index is 2.83. The van der Waals surface area contributed by atoms with Gasteiger partial charge in [0.05, 0.1) is 6.54 Å². The van der Waals surface area contributed by atoms with E-state index in [1.807, 2.05) is 0 Å². The van der Waals surface area contributed by atoms with Crippen LogP contribution in [0.5, 0.6) is 0 Å². The van der Waals surface area contributed by atoms with Crippen molar-refractivity contribution >= 4 is 11.9 Å². The Kier molecular flexibility index (Phi) is 4.06. The Labute approximate surface area is 96.9 Å². The van der Waals surface area contributed by atoms with Crippen LogP contribution in [0.15, 0.2) is 23.3 Å². The molecular weight excluding hydrogens is 224 g/mol. The van der Waals surface area contributed by atoms with E-state index in [9.17, 15) is 14.4 Å². The van der Waals surface area contributed by atoms with Crippen LogP contribution in [0, 0.1) is 12.3 Å². The van der Waals surface area contributed by atoms with E-state index in [0.717, 1.165) is 12.3 Å². The fourth-order valence-corrected chi connectivity index (χ4v) is 1.16. The summed E-state index contributed by atoms with van der Waals surface area (Å²) in [5.41, 5.74) is -0.977. The number of carbonyl (C=O) groups excluding carboxylic acids is 1. The van der Waals surface area contributed by atoms with E-state index in [1.165, 1.54) is 10.8 Å². The lowest BCUT2D eigenvalue weighted by atomic mass is 10.3. The molecule has 0 bridgehead atoms. The number of carbonyl (C=O) groups is 2. The van der Waals surface area contributed by atoms with E-state index in [2.05, 4.69) is 11.2 Å². The van der Waals surface area contributed by atoms with Crippen LogP contribution in [0.4, 0.5) is 0 Å². The highest BCUT2D eigenvalue weighted by molar-refractivity contribution is 5.87. The number of rotatable bonds is 4.